The molecule has 1 saturated heterocycles. The average Bonchev–Trinajstić information content (AvgIpc) is 2.37. The molecule has 0 aromatic carbocycles. The maximum Gasteiger partial charge on any atom is 0.321 e. The molecule has 3 amide bonds. The Kier molecular flexibility index (Phi) is 6.38. The quantitative estimate of drug-likeness (QED) is 0.586. The van der Waals surface area contributed by atoms with Gasteiger partial charge in [-0.1, -0.05) is 6.08 Å². The highest BCUT2D eigenvalue weighted by atomic mass is 16.2. The van der Waals surface area contributed by atoms with Gasteiger partial charge in [0, 0.05) is 6.54 Å². The van der Waals surface area contributed by atoms with E-state index in [1.165, 1.54) is 0 Å². The molecule has 1 rings (SSSR count). The Morgan fingerprint density at radius 3 is 2.61 bits per heavy atom. The van der Waals surface area contributed by atoms with Gasteiger partial charge in [-0.25, -0.2) is 4.79 Å². The number of imide groups is 1. The Morgan fingerprint density at radius 2 is 2.06 bits per heavy atom. The van der Waals surface area contributed by atoms with Crippen molar-refractivity contribution in [1.82, 2.24) is 15.5 Å². The minimum Gasteiger partial charge on any atom is -0.334 e. The van der Waals surface area contributed by atoms with E-state index in [0.29, 0.717) is 19.0 Å². The summed E-state index contributed by atoms with van der Waals surface area (Å²) in [7, 11) is 0. The predicted octanol–water partition coefficient (Wildman–Crippen LogP) is -0.331. The van der Waals surface area contributed by atoms with Crippen LogP contribution in [0.3, 0.4) is 0 Å². The maximum absolute atomic E-state index is 11.6. The van der Waals surface area contributed by atoms with Crippen molar-refractivity contribution in [1.29, 1.82) is 0 Å². The number of nitrogens with zero attached hydrogens (tertiary/aromatic N) is 1. The Balaban J connectivity index is 2.20. The van der Waals surface area contributed by atoms with E-state index in [1.807, 2.05) is 4.90 Å². The van der Waals surface area contributed by atoms with E-state index >= 15 is 0 Å². The van der Waals surface area contributed by atoms with Crippen molar-refractivity contribution in [3.05, 3.63) is 12.7 Å². The zero-order valence-electron chi connectivity index (χ0n) is 10.7. The fourth-order valence-electron chi connectivity index (χ4n) is 1.96. The van der Waals surface area contributed by atoms with Crippen LogP contribution in [-0.4, -0.2) is 49.6 Å². The van der Waals surface area contributed by atoms with Crippen LogP contribution in [0.4, 0.5) is 4.79 Å². The average molecular weight is 254 g/mol. The largest absolute Gasteiger partial charge is 0.334 e. The number of rotatable bonds is 5. The van der Waals surface area contributed by atoms with E-state index in [9.17, 15) is 9.59 Å². The normalized spacial score (nSPS) is 17.2. The van der Waals surface area contributed by atoms with E-state index in [-0.39, 0.29) is 12.5 Å². The van der Waals surface area contributed by atoms with Crippen molar-refractivity contribution in [3.8, 4) is 0 Å². The highest BCUT2D eigenvalue weighted by Crippen LogP contribution is 2.14. The smallest absolute Gasteiger partial charge is 0.321 e. The lowest BCUT2D eigenvalue weighted by molar-refractivity contribution is -0.121. The van der Waals surface area contributed by atoms with Gasteiger partial charge in [0.1, 0.15) is 0 Å². The molecule has 0 saturated carbocycles. The van der Waals surface area contributed by atoms with Crippen molar-refractivity contribution in [3.63, 3.8) is 0 Å². The summed E-state index contributed by atoms with van der Waals surface area (Å²) in [4.78, 5) is 24.8. The van der Waals surface area contributed by atoms with Gasteiger partial charge in [-0.15, -0.1) is 6.58 Å². The van der Waals surface area contributed by atoms with Crippen molar-refractivity contribution in [2.75, 3.05) is 32.7 Å². The van der Waals surface area contributed by atoms with Crippen LogP contribution >= 0.6 is 0 Å². The Morgan fingerprint density at radius 1 is 1.39 bits per heavy atom. The molecule has 0 radical (unpaired) electrons. The number of likely N-dealkylation sites (tertiary alicyclic amines) is 1. The lowest BCUT2D eigenvalue weighted by Gasteiger charge is -2.30. The van der Waals surface area contributed by atoms with Crippen molar-refractivity contribution in [2.45, 2.75) is 12.8 Å². The predicted molar refractivity (Wildman–Crippen MR) is 70.0 cm³/mol. The van der Waals surface area contributed by atoms with E-state index in [1.54, 1.807) is 6.08 Å². The van der Waals surface area contributed by atoms with Gasteiger partial charge in [-0.3, -0.25) is 15.0 Å². The molecular formula is C12H22N4O2. The Labute approximate surface area is 108 Å². The minimum absolute atomic E-state index is 0.263. The van der Waals surface area contributed by atoms with Crippen molar-refractivity contribution < 1.29 is 9.59 Å². The Hall–Kier alpha value is -1.40. The molecule has 1 aliphatic rings. The number of piperidine rings is 1. The van der Waals surface area contributed by atoms with Gasteiger partial charge in [0.25, 0.3) is 0 Å². The van der Waals surface area contributed by atoms with Crippen LogP contribution < -0.4 is 16.4 Å². The molecule has 1 fully saturated rings. The zero-order valence-corrected chi connectivity index (χ0v) is 10.7. The lowest BCUT2D eigenvalue weighted by atomic mass is 9.97. The molecule has 0 bridgehead atoms. The van der Waals surface area contributed by atoms with Gasteiger partial charge < -0.3 is 11.1 Å². The van der Waals surface area contributed by atoms with Crippen LogP contribution in [0, 0.1) is 5.92 Å². The second-order valence-corrected chi connectivity index (χ2v) is 4.50. The second kappa shape index (κ2) is 7.84. The molecule has 102 valence electrons. The van der Waals surface area contributed by atoms with E-state index in [4.69, 9.17) is 5.73 Å². The van der Waals surface area contributed by atoms with Crippen LogP contribution in [0.5, 0.6) is 0 Å². The molecule has 0 aliphatic carbocycles. The van der Waals surface area contributed by atoms with E-state index in [2.05, 4.69) is 17.2 Å². The summed E-state index contributed by atoms with van der Waals surface area (Å²) in [6, 6.07) is -0.475. The fourth-order valence-corrected chi connectivity index (χ4v) is 1.96. The van der Waals surface area contributed by atoms with Gasteiger partial charge in [0.2, 0.25) is 5.91 Å². The molecule has 0 aromatic heterocycles. The molecule has 18 heavy (non-hydrogen) atoms. The first-order valence-corrected chi connectivity index (χ1v) is 6.26. The standard InChI is InChI=1S/C12H22N4O2/c1-2-5-14-12(18)15-11(17)9-16-6-3-10(8-13)4-7-16/h2,10H,1,3-9,13H2,(H2,14,15,17,18). The summed E-state index contributed by atoms with van der Waals surface area (Å²) < 4.78 is 0. The van der Waals surface area contributed by atoms with E-state index in [0.717, 1.165) is 25.9 Å². The monoisotopic (exact) mass is 254 g/mol. The van der Waals surface area contributed by atoms with Gasteiger partial charge >= 0.3 is 6.03 Å². The lowest BCUT2D eigenvalue weighted by Crippen LogP contribution is -2.46. The number of hydrogen-bond acceptors (Lipinski definition) is 4. The van der Waals surface area contributed by atoms with Crippen LogP contribution in [0.2, 0.25) is 0 Å². The maximum atomic E-state index is 11.6. The molecule has 0 atom stereocenters. The van der Waals surface area contributed by atoms with Crippen LogP contribution in [0.25, 0.3) is 0 Å². The third kappa shape index (κ3) is 5.29. The molecule has 6 nitrogen and oxygen atoms in total. The summed E-state index contributed by atoms with van der Waals surface area (Å²) in [6.45, 7) is 6.53. The number of amides is 3. The Bertz CT molecular complexity index is 298. The van der Waals surface area contributed by atoms with E-state index < -0.39 is 6.03 Å². The van der Waals surface area contributed by atoms with Crippen molar-refractivity contribution in [2.24, 2.45) is 11.7 Å². The third-order valence-corrected chi connectivity index (χ3v) is 3.07. The third-order valence-electron chi connectivity index (χ3n) is 3.07. The SMILES string of the molecule is C=CCNC(=O)NC(=O)CN1CCC(CN)CC1. The molecule has 4 N–H and O–H groups in total. The fraction of sp³-hybridized carbons (Fsp3) is 0.667. The molecule has 1 aliphatic heterocycles. The summed E-state index contributed by atoms with van der Waals surface area (Å²) >= 11 is 0. The molecule has 0 spiro atoms. The number of urea groups is 1. The number of nitrogens with one attached hydrogen (secondary N) is 2. The number of nitrogens with two attached hydrogens (primary N) is 1. The number of hydrogen-bond donors (Lipinski definition) is 3. The first-order valence-electron chi connectivity index (χ1n) is 6.26. The van der Waals surface area contributed by atoms with Crippen LogP contribution in [0.15, 0.2) is 12.7 Å². The molecule has 1 heterocycles. The summed E-state index contributed by atoms with van der Waals surface area (Å²) in [5, 5.41) is 4.78. The van der Waals surface area contributed by atoms with Crippen molar-refractivity contribution >= 4 is 11.9 Å². The van der Waals surface area contributed by atoms with Gasteiger partial charge in [-0.2, -0.15) is 0 Å². The molecule has 0 unspecified atom stereocenters. The van der Waals surface area contributed by atoms with Crippen LogP contribution in [0.1, 0.15) is 12.8 Å². The number of carbonyl (C=O) groups excluding carboxylic acids is 2. The zero-order chi connectivity index (χ0) is 13.4. The number of carbonyl (C=O) groups is 2. The highest BCUT2D eigenvalue weighted by Gasteiger charge is 2.20. The molecular weight excluding hydrogens is 232 g/mol. The van der Waals surface area contributed by atoms with Gasteiger partial charge in [-0.05, 0) is 38.4 Å². The van der Waals surface area contributed by atoms with Gasteiger partial charge in [0.05, 0.1) is 6.54 Å². The minimum atomic E-state index is -0.475. The summed E-state index contributed by atoms with van der Waals surface area (Å²) in [6.07, 6.45) is 3.60. The molecule has 6 heteroatoms. The first-order chi connectivity index (χ1) is 8.65. The van der Waals surface area contributed by atoms with Gasteiger partial charge in [0.15, 0.2) is 0 Å². The molecule has 0 aromatic rings. The highest BCUT2D eigenvalue weighted by molar-refractivity contribution is 5.95. The second-order valence-electron chi connectivity index (χ2n) is 4.50. The summed E-state index contributed by atoms with van der Waals surface area (Å²) in [5.41, 5.74) is 5.60. The summed E-state index contributed by atoms with van der Waals surface area (Å²) in [5.74, 6) is 0.294. The van der Waals surface area contributed by atoms with Crippen LogP contribution in [-0.2, 0) is 4.79 Å². The first kappa shape index (κ1) is 14.7. The topological polar surface area (TPSA) is 87.5 Å².